The summed E-state index contributed by atoms with van der Waals surface area (Å²) in [5.41, 5.74) is 0. The minimum atomic E-state index is 1.01. The number of thioether (sulfide) groups is 2. The summed E-state index contributed by atoms with van der Waals surface area (Å²) < 4.78 is 0. The van der Waals surface area contributed by atoms with Gasteiger partial charge in [-0.05, 0) is 31.6 Å². The van der Waals surface area contributed by atoms with Gasteiger partial charge in [-0.25, -0.2) is 0 Å². The van der Waals surface area contributed by atoms with E-state index in [-0.39, 0.29) is 0 Å². The van der Waals surface area contributed by atoms with Gasteiger partial charge >= 0.3 is 0 Å². The van der Waals surface area contributed by atoms with Gasteiger partial charge in [0, 0.05) is 22.0 Å². The van der Waals surface area contributed by atoms with Crippen molar-refractivity contribution in [2.45, 2.75) is 43.1 Å². The summed E-state index contributed by atoms with van der Waals surface area (Å²) in [4.78, 5) is 0. The third-order valence-corrected chi connectivity index (χ3v) is 5.60. The minimum absolute atomic E-state index is 1.01. The lowest BCUT2D eigenvalue weighted by Crippen LogP contribution is -2.15. The van der Waals surface area contributed by atoms with Crippen molar-refractivity contribution in [2.75, 3.05) is 11.5 Å². The standard InChI is InChI=1S/C10H18S2/c1-8-2-4-9(5-3-8)11-6-10-7-12-10/h8-10H,2-7H2,1H3. The maximum atomic E-state index is 2.40. The Bertz CT molecular complexity index is 135. The fourth-order valence-electron chi connectivity index (χ4n) is 1.80. The first kappa shape index (κ1) is 9.26. The Kier molecular flexibility index (Phi) is 3.30. The van der Waals surface area contributed by atoms with Crippen LogP contribution in [0.2, 0.25) is 0 Å². The Morgan fingerprint density at radius 1 is 1.25 bits per heavy atom. The van der Waals surface area contributed by atoms with Crippen LogP contribution in [0.3, 0.4) is 0 Å². The highest BCUT2D eigenvalue weighted by Crippen LogP contribution is 2.38. The zero-order valence-corrected chi connectivity index (χ0v) is 9.42. The van der Waals surface area contributed by atoms with Crippen LogP contribution in [0.25, 0.3) is 0 Å². The second kappa shape index (κ2) is 4.28. The Balaban J connectivity index is 1.60. The second-order valence-corrected chi connectivity index (χ2v) is 6.84. The van der Waals surface area contributed by atoms with Crippen LogP contribution in [0.5, 0.6) is 0 Å². The largest absolute Gasteiger partial charge is 0.157 e. The van der Waals surface area contributed by atoms with Gasteiger partial charge in [-0.15, -0.1) is 0 Å². The average molecular weight is 202 g/mol. The van der Waals surface area contributed by atoms with Crippen molar-refractivity contribution in [3.8, 4) is 0 Å². The van der Waals surface area contributed by atoms with Gasteiger partial charge in [0.2, 0.25) is 0 Å². The molecule has 1 heterocycles. The van der Waals surface area contributed by atoms with E-state index in [2.05, 4.69) is 30.4 Å². The van der Waals surface area contributed by atoms with Gasteiger partial charge in [0.05, 0.1) is 0 Å². The lowest BCUT2D eigenvalue weighted by molar-refractivity contribution is 0.393. The van der Waals surface area contributed by atoms with Crippen LogP contribution in [-0.4, -0.2) is 22.0 Å². The first-order valence-electron chi connectivity index (χ1n) is 5.08. The molecule has 1 atom stereocenters. The Hall–Kier alpha value is 0.700. The normalized spacial score (nSPS) is 41.2. The molecule has 0 nitrogen and oxygen atoms in total. The van der Waals surface area contributed by atoms with E-state index in [9.17, 15) is 0 Å². The third kappa shape index (κ3) is 2.88. The molecule has 1 saturated heterocycles. The number of hydrogen-bond donors (Lipinski definition) is 0. The van der Waals surface area contributed by atoms with Crippen LogP contribution in [0.4, 0.5) is 0 Å². The molecule has 12 heavy (non-hydrogen) atoms. The fourth-order valence-corrected chi connectivity index (χ4v) is 4.04. The summed E-state index contributed by atoms with van der Waals surface area (Å²) in [6, 6.07) is 0. The summed E-state index contributed by atoms with van der Waals surface area (Å²) >= 11 is 4.39. The van der Waals surface area contributed by atoms with Gasteiger partial charge in [0.25, 0.3) is 0 Å². The molecule has 1 unspecified atom stereocenters. The molecule has 0 aromatic heterocycles. The van der Waals surface area contributed by atoms with Crippen LogP contribution in [0, 0.1) is 5.92 Å². The van der Waals surface area contributed by atoms with Crippen LogP contribution < -0.4 is 0 Å². The molecule has 0 aromatic rings. The van der Waals surface area contributed by atoms with Crippen LogP contribution in [-0.2, 0) is 0 Å². The van der Waals surface area contributed by atoms with E-state index in [4.69, 9.17) is 0 Å². The maximum Gasteiger partial charge on any atom is 0.0229 e. The summed E-state index contributed by atoms with van der Waals surface area (Å²) in [7, 11) is 0. The maximum absolute atomic E-state index is 2.40. The van der Waals surface area contributed by atoms with Crippen molar-refractivity contribution in [1.29, 1.82) is 0 Å². The van der Waals surface area contributed by atoms with Gasteiger partial charge in [-0.2, -0.15) is 23.5 Å². The topological polar surface area (TPSA) is 0 Å². The monoisotopic (exact) mass is 202 g/mol. The zero-order chi connectivity index (χ0) is 8.39. The fraction of sp³-hybridized carbons (Fsp3) is 1.00. The first-order chi connectivity index (χ1) is 5.84. The molecule has 0 aromatic carbocycles. The predicted molar refractivity (Wildman–Crippen MR) is 60.1 cm³/mol. The van der Waals surface area contributed by atoms with Gasteiger partial charge in [0.1, 0.15) is 0 Å². The van der Waals surface area contributed by atoms with Crippen molar-refractivity contribution in [1.82, 2.24) is 0 Å². The molecule has 1 saturated carbocycles. The van der Waals surface area contributed by atoms with E-state index >= 15 is 0 Å². The molecule has 0 N–H and O–H groups in total. The quantitative estimate of drug-likeness (QED) is 0.643. The molecule has 70 valence electrons. The van der Waals surface area contributed by atoms with Gasteiger partial charge in [0.15, 0.2) is 0 Å². The van der Waals surface area contributed by atoms with Crippen molar-refractivity contribution in [3.05, 3.63) is 0 Å². The predicted octanol–water partition coefficient (Wildman–Crippen LogP) is 3.41. The molecular weight excluding hydrogens is 184 g/mol. The van der Waals surface area contributed by atoms with Crippen LogP contribution in [0.15, 0.2) is 0 Å². The molecule has 0 spiro atoms. The Morgan fingerprint density at radius 2 is 1.92 bits per heavy atom. The second-order valence-electron chi connectivity index (χ2n) is 4.17. The Morgan fingerprint density at radius 3 is 2.50 bits per heavy atom. The van der Waals surface area contributed by atoms with E-state index in [1.165, 1.54) is 37.2 Å². The molecule has 2 heteroatoms. The highest BCUT2D eigenvalue weighted by atomic mass is 32.2. The van der Waals surface area contributed by atoms with Crippen molar-refractivity contribution in [3.63, 3.8) is 0 Å². The van der Waals surface area contributed by atoms with Crippen LogP contribution in [0.1, 0.15) is 32.6 Å². The molecular formula is C10H18S2. The smallest absolute Gasteiger partial charge is 0.0229 e. The SMILES string of the molecule is CC1CCC(SCC2CS2)CC1. The van der Waals surface area contributed by atoms with Crippen molar-refractivity contribution in [2.24, 2.45) is 5.92 Å². The summed E-state index contributed by atoms with van der Waals surface area (Å²) in [5.74, 6) is 3.89. The van der Waals surface area contributed by atoms with E-state index in [1.807, 2.05) is 0 Å². The van der Waals surface area contributed by atoms with E-state index in [1.54, 1.807) is 0 Å². The first-order valence-corrected chi connectivity index (χ1v) is 7.17. The minimum Gasteiger partial charge on any atom is -0.157 e. The lowest BCUT2D eigenvalue weighted by Gasteiger charge is -2.25. The molecule has 1 aliphatic heterocycles. The van der Waals surface area contributed by atoms with Crippen molar-refractivity contribution < 1.29 is 0 Å². The summed E-state index contributed by atoms with van der Waals surface area (Å²) in [6.45, 7) is 2.40. The molecule has 2 aliphatic rings. The summed E-state index contributed by atoms with van der Waals surface area (Å²) in [5, 5.41) is 2.05. The summed E-state index contributed by atoms with van der Waals surface area (Å²) in [6.07, 6.45) is 5.94. The molecule has 0 amide bonds. The highest BCUT2D eigenvalue weighted by molar-refractivity contribution is 8.08. The molecule has 2 rings (SSSR count). The molecule has 0 radical (unpaired) electrons. The number of hydrogen-bond acceptors (Lipinski definition) is 2. The van der Waals surface area contributed by atoms with E-state index in [0.717, 1.165) is 16.4 Å². The molecule has 0 bridgehead atoms. The van der Waals surface area contributed by atoms with Gasteiger partial charge < -0.3 is 0 Å². The zero-order valence-electron chi connectivity index (χ0n) is 7.79. The van der Waals surface area contributed by atoms with Crippen LogP contribution >= 0.6 is 23.5 Å². The molecule has 2 fully saturated rings. The van der Waals surface area contributed by atoms with E-state index in [0.29, 0.717) is 0 Å². The Labute approximate surface area is 84.3 Å². The van der Waals surface area contributed by atoms with Gasteiger partial charge in [-0.3, -0.25) is 0 Å². The number of rotatable bonds is 3. The van der Waals surface area contributed by atoms with Gasteiger partial charge in [-0.1, -0.05) is 6.92 Å². The molecule has 1 aliphatic carbocycles. The van der Waals surface area contributed by atoms with Crippen molar-refractivity contribution >= 4 is 23.5 Å². The third-order valence-electron chi connectivity index (χ3n) is 2.88. The average Bonchev–Trinajstić information content (AvgIpc) is 2.87. The lowest BCUT2D eigenvalue weighted by atomic mass is 9.91. The highest BCUT2D eigenvalue weighted by Gasteiger charge is 2.25. The van der Waals surface area contributed by atoms with E-state index < -0.39 is 0 Å².